The Labute approximate surface area is 142 Å². The molecular weight excluding hydrogens is 316 g/mol. The number of likely N-dealkylation sites (tertiary alicyclic amines) is 2. The maximum atomic E-state index is 12.7. The second kappa shape index (κ2) is 8.54. The molecule has 24 heavy (non-hydrogen) atoms. The molecule has 3 aliphatic heterocycles. The SMILES string of the molecule is O=C(NC1CCN(CC(F)F)CC1)[C@H]1CCCN1C1CCOCC1. The molecular formula is C17H29F2N3O2. The van der Waals surface area contributed by atoms with Crippen molar-refractivity contribution in [3.05, 3.63) is 0 Å². The first-order valence-electron chi connectivity index (χ1n) is 9.28. The Balaban J connectivity index is 1.46. The van der Waals surface area contributed by atoms with Gasteiger partial charge in [0.25, 0.3) is 6.43 Å². The summed E-state index contributed by atoms with van der Waals surface area (Å²) in [6, 6.07) is 0.570. The van der Waals surface area contributed by atoms with Crippen LogP contribution in [-0.2, 0) is 9.53 Å². The van der Waals surface area contributed by atoms with Crippen molar-refractivity contribution < 1.29 is 18.3 Å². The Hall–Kier alpha value is -0.790. The highest BCUT2D eigenvalue weighted by molar-refractivity contribution is 5.82. The van der Waals surface area contributed by atoms with Crippen molar-refractivity contribution in [3.63, 3.8) is 0 Å². The molecule has 0 aromatic heterocycles. The number of hydrogen-bond acceptors (Lipinski definition) is 4. The first-order chi connectivity index (χ1) is 11.6. The van der Waals surface area contributed by atoms with E-state index in [0.29, 0.717) is 19.1 Å². The molecule has 1 N–H and O–H groups in total. The predicted octanol–water partition coefficient (Wildman–Crippen LogP) is 1.48. The Morgan fingerprint density at radius 2 is 1.79 bits per heavy atom. The number of amides is 1. The zero-order valence-electron chi connectivity index (χ0n) is 14.3. The zero-order valence-corrected chi connectivity index (χ0v) is 14.3. The monoisotopic (exact) mass is 345 g/mol. The van der Waals surface area contributed by atoms with E-state index in [9.17, 15) is 13.6 Å². The Kier molecular flexibility index (Phi) is 6.41. The summed E-state index contributed by atoms with van der Waals surface area (Å²) in [4.78, 5) is 16.9. The van der Waals surface area contributed by atoms with Gasteiger partial charge in [0.1, 0.15) is 0 Å². The average Bonchev–Trinajstić information content (AvgIpc) is 3.07. The molecule has 3 rings (SSSR count). The Morgan fingerprint density at radius 1 is 1.08 bits per heavy atom. The lowest BCUT2D eigenvalue weighted by atomic mass is 10.0. The van der Waals surface area contributed by atoms with E-state index in [4.69, 9.17) is 4.74 Å². The van der Waals surface area contributed by atoms with Crippen LogP contribution in [0.15, 0.2) is 0 Å². The van der Waals surface area contributed by atoms with Crippen LogP contribution in [0.4, 0.5) is 8.78 Å². The van der Waals surface area contributed by atoms with E-state index in [0.717, 1.165) is 58.3 Å². The lowest BCUT2D eigenvalue weighted by molar-refractivity contribution is -0.128. The number of nitrogens with zero attached hydrogens (tertiary/aromatic N) is 2. The molecule has 0 bridgehead atoms. The van der Waals surface area contributed by atoms with E-state index < -0.39 is 6.43 Å². The van der Waals surface area contributed by atoms with E-state index in [1.807, 2.05) is 0 Å². The molecule has 3 aliphatic rings. The number of carbonyl (C=O) groups excluding carboxylic acids is 1. The van der Waals surface area contributed by atoms with Crippen LogP contribution >= 0.6 is 0 Å². The van der Waals surface area contributed by atoms with Crippen LogP contribution < -0.4 is 5.32 Å². The van der Waals surface area contributed by atoms with Crippen LogP contribution in [0.3, 0.4) is 0 Å². The first-order valence-corrected chi connectivity index (χ1v) is 9.28. The van der Waals surface area contributed by atoms with Crippen molar-refractivity contribution in [2.45, 2.75) is 63.1 Å². The number of piperidine rings is 1. The molecule has 0 aromatic rings. The molecule has 0 radical (unpaired) electrons. The van der Waals surface area contributed by atoms with Gasteiger partial charge in [-0.05, 0) is 45.1 Å². The molecule has 5 nitrogen and oxygen atoms in total. The maximum Gasteiger partial charge on any atom is 0.251 e. The van der Waals surface area contributed by atoms with Gasteiger partial charge in [-0.25, -0.2) is 8.78 Å². The lowest BCUT2D eigenvalue weighted by Crippen LogP contribution is -2.53. The molecule has 3 fully saturated rings. The van der Waals surface area contributed by atoms with Gasteiger partial charge in [-0.2, -0.15) is 0 Å². The van der Waals surface area contributed by atoms with Crippen LogP contribution in [0, 0.1) is 0 Å². The molecule has 0 aromatic carbocycles. The van der Waals surface area contributed by atoms with Crippen LogP contribution in [0.1, 0.15) is 38.5 Å². The fraction of sp³-hybridized carbons (Fsp3) is 0.941. The molecule has 0 aliphatic carbocycles. The standard InChI is InChI=1S/C17H29F2N3O2/c18-16(19)12-21-8-3-13(4-9-21)20-17(23)15-2-1-7-22(15)14-5-10-24-11-6-14/h13-16H,1-12H2,(H,20,23)/t15-/m1/s1. The molecule has 0 saturated carbocycles. The van der Waals surface area contributed by atoms with Crippen LogP contribution in [-0.4, -0.2) is 79.7 Å². The molecule has 1 atom stereocenters. The van der Waals surface area contributed by atoms with Crippen molar-refractivity contribution in [2.24, 2.45) is 0 Å². The van der Waals surface area contributed by atoms with Gasteiger partial charge in [0.05, 0.1) is 12.6 Å². The highest BCUT2D eigenvalue weighted by Gasteiger charge is 2.36. The third-order valence-electron chi connectivity index (χ3n) is 5.59. The topological polar surface area (TPSA) is 44.8 Å². The van der Waals surface area contributed by atoms with E-state index in [1.165, 1.54) is 0 Å². The first kappa shape index (κ1) is 18.0. The highest BCUT2D eigenvalue weighted by atomic mass is 19.3. The minimum atomic E-state index is -2.28. The third kappa shape index (κ3) is 4.64. The summed E-state index contributed by atoms with van der Waals surface area (Å²) in [7, 11) is 0. The summed E-state index contributed by atoms with van der Waals surface area (Å²) in [5.41, 5.74) is 0. The minimum Gasteiger partial charge on any atom is -0.381 e. The summed E-state index contributed by atoms with van der Waals surface area (Å²) in [5, 5.41) is 3.18. The van der Waals surface area contributed by atoms with Gasteiger partial charge in [-0.1, -0.05) is 0 Å². The minimum absolute atomic E-state index is 0.0211. The zero-order chi connectivity index (χ0) is 16.9. The predicted molar refractivity (Wildman–Crippen MR) is 87.2 cm³/mol. The average molecular weight is 345 g/mol. The normalized spacial score (nSPS) is 28.5. The molecule has 3 heterocycles. The second-order valence-corrected chi connectivity index (χ2v) is 7.21. The van der Waals surface area contributed by atoms with E-state index in [1.54, 1.807) is 4.90 Å². The van der Waals surface area contributed by atoms with Crippen LogP contribution in [0.5, 0.6) is 0 Å². The Bertz CT molecular complexity index is 411. The van der Waals surface area contributed by atoms with E-state index in [-0.39, 0.29) is 24.5 Å². The number of rotatable bonds is 5. The van der Waals surface area contributed by atoms with Gasteiger partial charge in [0.15, 0.2) is 0 Å². The molecule has 138 valence electrons. The number of halogens is 2. The number of alkyl halides is 2. The van der Waals surface area contributed by atoms with Crippen LogP contribution in [0.2, 0.25) is 0 Å². The van der Waals surface area contributed by atoms with Gasteiger partial charge in [-0.15, -0.1) is 0 Å². The van der Waals surface area contributed by atoms with Crippen molar-refractivity contribution in [1.29, 1.82) is 0 Å². The molecule has 0 unspecified atom stereocenters. The number of ether oxygens (including phenoxy) is 1. The maximum absolute atomic E-state index is 12.7. The van der Waals surface area contributed by atoms with Gasteiger partial charge in [0, 0.05) is 38.4 Å². The highest BCUT2D eigenvalue weighted by Crippen LogP contribution is 2.26. The van der Waals surface area contributed by atoms with Crippen LogP contribution in [0.25, 0.3) is 0 Å². The van der Waals surface area contributed by atoms with Gasteiger partial charge >= 0.3 is 0 Å². The van der Waals surface area contributed by atoms with Gasteiger partial charge in [-0.3, -0.25) is 14.6 Å². The van der Waals surface area contributed by atoms with Crippen molar-refractivity contribution in [2.75, 3.05) is 39.4 Å². The second-order valence-electron chi connectivity index (χ2n) is 7.21. The fourth-order valence-corrected chi connectivity index (χ4v) is 4.28. The summed E-state index contributed by atoms with van der Waals surface area (Å²) in [6.07, 6.45) is 3.27. The molecule has 3 saturated heterocycles. The molecule has 0 spiro atoms. The molecule has 1 amide bonds. The van der Waals surface area contributed by atoms with Crippen molar-refractivity contribution in [3.8, 4) is 0 Å². The summed E-state index contributed by atoms with van der Waals surface area (Å²) in [5.74, 6) is 0.131. The lowest BCUT2D eigenvalue weighted by Gasteiger charge is -2.36. The number of nitrogens with one attached hydrogen (secondary N) is 1. The van der Waals surface area contributed by atoms with E-state index >= 15 is 0 Å². The van der Waals surface area contributed by atoms with Crippen molar-refractivity contribution >= 4 is 5.91 Å². The third-order valence-corrected chi connectivity index (χ3v) is 5.59. The molecule has 7 heteroatoms. The largest absolute Gasteiger partial charge is 0.381 e. The van der Waals surface area contributed by atoms with Gasteiger partial charge < -0.3 is 10.1 Å². The smallest absolute Gasteiger partial charge is 0.251 e. The summed E-state index contributed by atoms with van der Waals surface area (Å²) in [6.45, 7) is 3.71. The van der Waals surface area contributed by atoms with E-state index in [2.05, 4.69) is 10.2 Å². The Morgan fingerprint density at radius 3 is 2.46 bits per heavy atom. The fourth-order valence-electron chi connectivity index (χ4n) is 4.28. The summed E-state index contributed by atoms with van der Waals surface area (Å²) >= 11 is 0. The number of hydrogen-bond donors (Lipinski definition) is 1. The summed E-state index contributed by atoms with van der Waals surface area (Å²) < 4.78 is 30.3. The number of carbonyl (C=O) groups is 1. The van der Waals surface area contributed by atoms with Gasteiger partial charge in [0.2, 0.25) is 5.91 Å². The van der Waals surface area contributed by atoms with Crippen molar-refractivity contribution in [1.82, 2.24) is 15.1 Å². The quantitative estimate of drug-likeness (QED) is 0.820.